The van der Waals surface area contributed by atoms with Gasteiger partial charge in [-0.25, -0.2) is 9.59 Å². The Labute approximate surface area is 234 Å². The van der Waals surface area contributed by atoms with Gasteiger partial charge in [0, 0.05) is 12.6 Å². The summed E-state index contributed by atoms with van der Waals surface area (Å²) in [5, 5.41) is 9.92. The number of benzene rings is 2. The fourth-order valence-electron chi connectivity index (χ4n) is 4.85. The molecule has 6 nitrogen and oxygen atoms in total. The number of carbonyl (C=O) groups is 2. The van der Waals surface area contributed by atoms with E-state index in [0.717, 1.165) is 15.9 Å². The number of hydrogen-bond acceptors (Lipinski definition) is 3. The minimum Gasteiger partial charge on any atom is -0.465 e. The third kappa shape index (κ3) is 7.21. The highest BCUT2D eigenvalue weighted by Crippen LogP contribution is 2.46. The van der Waals surface area contributed by atoms with E-state index in [1.807, 2.05) is 0 Å². The van der Waals surface area contributed by atoms with Crippen LogP contribution in [0.25, 0.3) is 0 Å². The van der Waals surface area contributed by atoms with Gasteiger partial charge in [-0.15, -0.1) is 0 Å². The lowest BCUT2D eigenvalue weighted by atomic mass is 9.84. The molecular weight excluding hydrogens is 587 g/mol. The van der Waals surface area contributed by atoms with E-state index in [0.29, 0.717) is 24.3 Å². The van der Waals surface area contributed by atoms with Crippen molar-refractivity contribution in [3.63, 3.8) is 0 Å². The smallest absolute Gasteiger partial charge is 0.416 e. The van der Waals surface area contributed by atoms with Crippen molar-refractivity contribution in [2.45, 2.75) is 77.4 Å². The molecule has 0 radical (unpaired) electrons. The van der Waals surface area contributed by atoms with Crippen LogP contribution in [0.15, 0.2) is 36.4 Å². The van der Waals surface area contributed by atoms with Crippen LogP contribution < -0.4 is 4.90 Å². The van der Waals surface area contributed by atoms with E-state index in [1.54, 1.807) is 13.8 Å². The zero-order valence-electron chi connectivity index (χ0n) is 22.7. The molecule has 42 heavy (non-hydrogen) atoms. The largest absolute Gasteiger partial charge is 0.465 e. The predicted octanol–water partition coefficient (Wildman–Crippen LogP) is 8.74. The van der Waals surface area contributed by atoms with Crippen LogP contribution in [0, 0.1) is 5.92 Å². The van der Waals surface area contributed by atoms with Crippen molar-refractivity contribution in [2.75, 3.05) is 4.90 Å². The molecule has 15 heteroatoms. The monoisotopic (exact) mass is 614 g/mol. The van der Waals surface area contributed by atoms with Crippen LogP contribution in [0.5, 0.6) is 0 Å². The molecule has 0 saturated heterocycles. The van der Waals surface area contributed by atoms with Crippen molar-refractivity contribution >= 4 is 17.9 Å². The molecule has 0 unspecified atom stereocenters. The van der Waals surface area contributed by atoms with Gasteiger partial charge in [-0.05, 0) is 73.7 Å². The Morgan fingerprint density at radius 3 is 1.83 bits per heavy atom. The van der Waals surface area contributed by atoms with Crippen LogP contribution in [0.4, 0.5) is 54.8 Å². The van der Waals surface area contributed by atoms with Crippen LogP contribution in [0.3, 0.4) is 0 Å². The molecule has 1 aliphatic heterocycles. The third-order valence-electron chi connectivity index (χ3n) is 6.69. The molecule has 0 aromatic heterocycles. The molecule has 2 aromatic carbocycles. The Balaban J connectivity index is 2.28. The SMILES string of the molecule is CC(C)OC(=O)N(Cc1cc(C(F)(F)F)cc(C(F)(F)F)c1)[C@@H]1C[C@H](C(C)C)N(C(=O)O)c2ccc(C(F)(F)F)cc21. The molecule has 1 N–H and O–H groups in total. The summed E-state index contributed by atoms with van der Waals surface area (Å²) < 4.78 is 127. The normalized spacial score (nSPS) is 17.8. The van der Waals surface area contributed by atoms with Crippen molar-refractivity contribution in [3.8, 4) is 0 Å². The summed E-state index contributed by atoms with van der Waals surface area (Å²) in [7, 11) is 0. The Morgan fingerprint density at radius 1 is 0.881 bits per heavy atom. The second-order valence-electron chi connectivity index (χ2n) is 10.5. The molecule has 1 heterocycles. The number of fused-ring (bicyclic) bond motifs is 1. The van der Waals surface area contributed by atoms with Crippen LogP contribution in [-0.4, -0.2) is 34.3 Å². The molecule has 0 bridgehead atoms. The van der Waals surface area contributed by atoms with Crippen LogP contribution in [-0.2, 0) is 29.8 Å². The number of anilines is 1. The summed E-state index contributed by atoms with van der Waals surface area (Å²) in [5.74, 6) is -0.465. The van der Waals surface area contributed by atoms with E-state index >= 15 is 0 Å². The zero-order valence-corrected chi connectivity index (χ0v) is 22.7. The van der Waals surface area contributed by atoms with Crippen molar-refractivity contribution < 1.29 is 58.9 Å². The predicted molar refractivity (Wildman–Crippen MR) is 132 cm³/mol. The van der Waals surface area contributed by atoms with E-state index < -0.39 is 83.6 Å². The van der Waals surface area contributed by atoms with E-state index in [2.05, 4.69) is 0 Å². The first-order chi connectivity index (χ1) is 19.1. The first-order valence-electron chi connectivity index (χ1n) is 12.6. The lowest BCUT2D eigenvalue weighted by Gasteiger charge is -2.45. The van der Waals surface area contributed by atoms with Crippen LogP contribution in [0.2, 0.25) is 0 Å². The van der Waals surface area contributed by atoms with Gasteiger partial charge < -0.3 is 9.84 Å². The van der Waals surface area contributed by atoms with E-state index in [9.17, 15) is 54.2 Å². The van der Waals surface area contributed by atoms with E-state index in [1.165, 1.54) is 13.8 Å². The third-order valence-corrected chi connectivity index (χ3v) is 6.69. The quantitative estimate of drug-likeness (QED) is 0.342. The summed E-state index contributed by atoms with van der Waals surface area (Å²) in [6.07, 6.45) is -19.2. The van der Waals surface area contributed by atoms with Gasteiger partial charge in [-0.1, -0.05) is 13.8 Å². The summed E-state index contributed by atoms with van der Waals surface area (Å²) >= 11 is 0. The molecule has 0 fully saturated rings. The number of rotatable bonds is 5. The first kappa shape index (κ1) is 32.9. The van der Waals surface area contributed by atoms with E-state index in [-0.39, 0.29) is 23.7 Å². The van der Waals surface area contributed by atoms with Crippen molar-refractivity contribution in [2.24, 2.45) is 5.92 Å². The second kappa shape index (κ2) is 11.6. The minimum absolute atomic E-state index is 0.0919. The molecule has 1 aliphatic rings. The van der Waals surface area contributed by atoms with Crippen molar-refractivity contribution in [1.29, 1.82) is 0 Å². The molecule has 2 atom stereocenters. The first-order valence-corrected chi connectivity index (χ1v) is 12.6. The maximum absolute atomic E-state index is 13.7. The fraction of sp³-hybridized carbons (Fsp3) is 0.481. The van der Waals surface area contributed by atoms with Gasteiger partial charge in [0.1, 0.15) is 0 Å². The number of halogens is 9. The van der Waals surface area contributed by atoms with Gasteiger partial charge in [0.2, 0.25) is 0 Å². The van der Waals surface area contributed by atoms with Gasteiger partial charge in [0.25, 0.3) is 0 Å². The molecular formula is C27H27F9N2O4. The molecule has 232 valence electrons. The lowest BCUT2D eigenvalue weighted by molar-refractivity contribution is -0.143. The highest BCUT2D eigenvalue weighted by molar-refractivity contribution is 5.89. The maximum atomic E-state index is 13.7. The zero-order chi connectivity index (χ0) is 31.9. The minimum atomic E-state index is -5.19. The van der Waals surface area contributed by atoms with E-state index in [4.69, 9.17) is 4.74 Å². The number of hydrogen-bond donors (Lipinski definition) is 1. The van der Waals surface area contributed by atoms with Gasteiger partial charge in [0.05, 0.1) is 34.5 Å². The number of ether oxygens (including phenoxy) is 1. The summed E-state index contributed by atoms with van der Waals surface area (Å²) in [6.45, 7) is 5.15. The molecule has 0 saturated carbocycles. The van der Waals surface area contributed by atoms with Crippen LogP contribution >= 0.6 is 0 Å². The van der Waals surface area contributed by atoms with Gasteiger partial charge in [-0.2, -0.15) is 39.5 Å². The Morgan fingerprint density at radius 2 is 1.40 bits per heavy atom. The molecule has 2 amide bonds. The summed E-state index contributed by atoms with van der Waals surface area (Å²) in [6, 6.07) is 0.549. The number of carbonyl (C=O) groups excluding carboxylic acids is 1. The average molecular weight is 615 g/mol. The fourth-order valence-corrected chi connectivity index (χ4v) is 4.85. The lowest BCUT2D eigenvalue weighted by Crippen LogP contribution is -2.50. The maximum Gasteiger partial charge on any atom is 0.416 e. The Hall–Kier alpha value is -3.65. The van der Waals surface area contributed by atoms with Crippen molar-refractivity contribution in [3.05, 3.63) is 64.2 Å². The summed E-state index contributed by atoms with van der Waals surface area (Å²) in [5.41, 5.74) is -5.64. The second-order valence-corrected chi connectivity index (χ2v) is 10.5. The highest BCUT2D eigenvalue weighted by atomic mass is 19.4. The average Bonchev–Trinajstić information content (AvgIpc) is 2.83. The number of amides is 2. The highest BCUT2D eigenvalue weighted by Gasteiger charge is 2.44. The Bertz CT molecular complexity index is 1290. The number of alkyl halides is 9. The van der Waals surface area contributed by atoms with Gasteiger partial charge in [0.15, 0.2) is 0 Å². The molecule has 0 spiro atoms. The Kier molecular flexibility index (Phi) is 9.04. The summed E-state index contributed by atoms with van der Waals surface area (Å²) in [4.78, 5) is 27.1. The van der Waals surface area contributed by atoms with Gasteiger partial charge in [-0.3, -0.25) is 9.80 Å². The standard InChI is InChI=1S/C27H27F9N2O4/c1-13(2)21-11-22(19-10-16(25(28,29)30)5-6-20(19)38(21)23(39)40)37(24(41)42-14(3)4)12-15-7-17(26(31,32)33)9-18(8-15)27(34,35)36/h5-10,13-14,21-22H,11-12H2,1-4H3,(H,39,40)/t21-,22-/m1/s1. The van der Waals surface area contributed by atoms with Crippen LogP contribution in [0.1, 0.15) is 68.0 Å². The molecule has 2 aromatic rings. The van der Waals surface area contributed by atoms with Gasteiger partial charge >= 0.3 is 30.7 Å². The number of nitrogens with zero attached hydrogens (tertiary/aromatic N) is 2. The van der Waals surface area contributed by atoms with Crippen molar-refractivity contribution in [1.82, 2.24) is 4.90 Å². The molecule has 3 rings (SSSR count). The topological polar surface area (TPSA) is 70.1 Å². The molecule has 0 aliphatic carbocycles. The number of carboxylic acid groups (broad SMARTS) is 1.